The van der Waals surface area contributed by atoms with E-state index in [-0.39, 0.29) is 18.2 Å². The summed E-state index contributed by atoms with van der Waals surface area (Å²) >= 11 is 0. The molecule has 0 heterocycles. The van der Waals surface area contributed by atoms with Gasteiger partial charge in [0.05, 0.1) is 12.5 Å². The quantitative estimate of drug-likeness (QED) is 0.842. The van der Waals surface area contributed by atoms with E-state index in [0.29, 0.717) is 12.1 Å². The molecule has 1 rings (SSSR count). The van der Waals surface area contributed by atoms with Gasteiger partial charge in [-0.1, -0.05) is 13.0 Å². The number of nitrogens with one attached hydrogen (secondary N) is 2. The van der Waals surface area contributed by atoms with Crippen molar-refractivity contribution in [2.75, 3.05) is 5.32 Å². The van der Waals surface area contributed by atoms with Gasteiger partial charge in [0.1, 0.15) is 5.75 Å². The van der Waals surface area contributed by atoms with E-state index in [1.807, 2.05) is 13.0 Å². The lowest BCUT2D eigenvalue weighted by atomic mass is 10.2. The number of hydrogen-bond acceptors (Lipinski definition) is 3. The van der Waals surface area contributed by atoms with Gasteiger partial charge in [-0.15, -0.1) is 0 Å². The monoisotopic (exact) mass is 283 g/mol. The number of anilines is 1. The molecule has 1 unspecified atom stereocenters. The van der Waals surface area contributed by atoms with Crippen LogP contribution in [0.2, 0.25) is 0 Å². The van der Waals surface area contributed by atoms with Gasteiger partial charge in [0.25, 0.3) is 0 Å². The zero-order valence-electron chi connectivity index (χ0n) is 10.9. The Balaban J connectivity index is 2.59. The third kappa shape index (κ3) is 5.52. The molecular formula is C13H15F2N3O2. The van der Waals surface area contributed by atoms with Crippen molar-refractivity contribution in [2.45, 2.75) is 32.4 Å². The Bertz CT molecular complexity index is 489. The minimum absolute atomic E-state index is 0.0399. The summed E-state index contributed by atoms with van der Waals surface area (Å²) in [6.45, 7) is -1.07. The van der Waals surface area contributed by atoms with E-state index < -0.39 is 12.6 Å². The van der Waals surface area contributed by atoms with Crippen LogP contribution in [0, 0.1) is 11.3 Å². The zero-order chi connectivity index (χ0) is 15.0. The Hall–Kier alpha value is -2.36. The maximum absolute atomic E-state index is 12.1. The van der Waals surface area contributed by atoms with Gasteiger partial charge in [0.2, 0.25) is 0 Å². The number of hydrogen-bond donors (Lipinski definition) is 2. The SMILES string of the molecule is CCC(CC#N)NC(=O)Nc1cccc(OC(F)F)c1. The lowest BCUT2D eigenvalue weighted by Gasteiger charge is -2.14. The Labute approximate surface area is 115 Å². The van der Waals surface area contributed by atoms with Crippen LogP contribution in [0.5, 0.6) is 5.75 Å². The lowest BCUT2D eigenvalue weighted by molar-refractivity contribution is -0.0497. The third-order valence-corrected chi connectivity index (χ3v) is 2.48. The summed E-state index contributed by atoms with van der Waals surface area (Å²) in [5.41, 5.74) is 0.326. The first-order chi connectivity index (χ1) is 9.55. The number of benzene rings is 1. The molecule has 1 aromatic rings. The van der Waals surface area contributed by atoms with Gasteiger partial charge in [-0.25, -0.2) is 4.79 Å². The molecule has 0 saturated carbocycles. The van der Waals surface area contributed by atoms with Crippen molar-refractivity contribution in [2.24, 2.45) is 0 Å². The number of carbonyl (C=O) groups is 1. The molecular weight excluding hydrogens is 268 g/mol. The number of urea groups is 1. The molecule has 0 fully saturated rings. The summed E-state index contributed by atoms with van der Waals surface area (Å²) in [5.74, 6) is -0.0399. The molecule has 2 N–H and O–H groups in total. The van der Waals surface area contributed by atoms with Crippen molar-refractivity contribution in [1.82, 2.24) is 5.32 Å². The molecule has 0 bridgehead atoms. The van der Waals surface area contributed by atoms with Crippen molar-refractivity contribution in [1.29, 1.82) is 5.26 Å². The Morgan fingerprint density at radius 2 is 2.25 bits per heavy atom. The average molecular weight is 283 g/mol. The fourth-order valence-corrected chi connectivity index (χ4v) is 1.51. The second kappa shape index (κ2) is 7.94. The summed E-state index contributed by atoms with van der Waals surface area (Å²) in [4.78, 5) is 11.7. The Morgan fingerprint density at radius 1 is 1.50 bits per heavy atom. The zero-order valence-corrected chi connectivity index (χ0v) is 10.9. The molecule has 7 heteroatoms. The largest absolute Gasteiger partial charge is 0.435 e. The topological polar surface area (TPSA) is 74.2 Å². The van der Waals surface area contributed by atoms with Crippen LogP contribution >= 0.6 is 0 Å². The molecule has 0 aromatic heterocycles. The van der Waals surface area contributed by atoms with Gasteiger partial charge in [-0.05, 0) is 18.6 Å². The highest BCUT2D eigenvalue weighted by Gasteiger charge is 2.10. The van der Waals surface area contributed by atoms with Gasteiger partial charge in [-0.2, -0.15) is 14.0 Å². The van der Waals surface area contributed by atoms with Crippen LogP contribution in [0.15, 0.2) is 24.3 Å². The molecule has 0 aliphatic carbocycles. The van der Waals surface area contributed by atoms with Gasteiger partial charge in [0.15, 0.2) is 0 Å². The second-order valence-electron chi connectivity index (χ2n) is 3.97. The summed E-state index contributed by atoms with van der Waals surface area (Å²) in [6, 6.07) is 6.90. The van der Waals surface area contributed by atoms with Crippen LogP contribution in [0.3, 0.4) is 0 Å². The summed E-state index contributed by atoms with van der Waals surface area (Å²) in [7, 11) is 0. The molecule has 2 amide bonds. The molecule has 0 radical (unpaired) electrons. The second-order valence-corrected chi connectivity index (χ2v) is 3.97. The van der Waals surface area contributed by atoms with Crippen LogP contribution in [0.1, 0.15) is 19.8 Å². The molecule has 0 saturated heterocycles. The van der Waals surface area contributed by atoms with E-state index in [1.54, 1.807) is 6.07 Å². The van der Waals surface area contributed by atoms with Crippen LogP contribution in [-0.2, 0) is 0 Å². The fraction of sp³-hybridized carbons (Fsp3) is 0.385. The minimum atomic E-state index is -2.92. The van der Waals surface area contributed by atoms with Gasteiger partial charge < -0.3 is 15.4 Å². The minimum Gasteiger partial charge on any atom is -0.435 e. The van der Waals surface area contributed by atoms with Gasteiger partial charge >= 0.3 is 12.6 Å². The van der Waals surface area contributed by atoms with E-state index in [1.165, 1.54) is 18.2 Å². The van der Waals surface area contributed by atoms with Crippen LogP contribution in [0.4, 0.5) is 19.3 Å². The van der Waals surface area contributed by atoms with Crippen molar-refractivity contribution < 1.29 is 18.3 Å². The highest BCUT2D eigenvalue weighted by Crippen LogP contribution is 2.19. The molecule has 5 nitrogen and oxygen atoms in total. The smallest absolute Gasteiger partial charge is 0.387 e. The maximum Gasteiger partial charge on any atom is 0.387 e. The number of amides is 2. The van der Waals surface area contributed by atoms with E-state index in [2.05, 4.69) is 15.4 Å². The molecule has 0 aliphatic heterocycles. The molecule has 1 atom stereocenters. The van der Waals surface area contributed by atoms with E-state index in [9.17, 15) is 13.6 Å². The number of carbonyl (C=O) groups excluding carboxylic acids is 1. The van der Waals surface area contributed by atoms with Gasteiger partial charge in [-0.3, -0.25) is 0 Å². The summed E-state index contributed by atoms with van der Waals surface area (Å²) < 4.78 is 28.4. The maximum atomic E-state index is 12.1. The van der Waals surface area contributed by atoms with Crippen LogP contribution in [0.25, 0.3) is 0 Å². The Kier molecular flexibility index (Phi) is 6.23. The standard InChI is InChI=1S/C13H15F2N3O2/c1-2-9(6-7-16)17-13(19)18-10-4-3-5-11(8-10)20-12(14)15/h3-5,8-9,12H,2,6H2,1H3,(H2,17,18,19). The average Bonchev–Trinajstić information content (AvgIpc) is 2.37. The molecule has 1 aromatic carbocycles. The number of halogens is 2. The van der Waals surface area contributed by atoms with E-state index in [0.717, 1.165) is 0 Å². The summed E-state index contributed by atoms with van der Waals surface area (Å²) in [5, 5.41) is 13.7. The molecule has 108 valence electrons. The van der Waals surface area contributed by atoms with Gasteiger partial charge in [0, 0.05) is 17.8 Å². The first kappa shape index (κ1) is 15.7. The van der Waals surface area contributed by atoms with Crippen molar-refractivity contribution in [3.05, 3.63) is 24.3 Å². The first-order valence-electron chi connectivity index (χ1n) is 6.04. The highest BCUT2D eigenvalue weighted by atomic mass is 19.3. The molecule has 0 aliphatic rings. The Morgan fingerprint density at radius 3 is 2.85 bits per heavy atom. The highest BCUT2D eigenvalue weighted by molar-refractivity contribution is 5.89. The van der Waals surface area contributed by atoms with Crippen molar-refractivity contribution >= 4 is 11.7 Å². The normalized spacial score (nSPS) is 11.6. The number of nitrogens with zero attached hydrogens (tertiary/aromatic N) is 1. The van der Waals surface area contributed by atoms with Crippen molar-refractivity contribution in [3.8, 4) is 11.8 Å². The first-order valence-corrected chi connectivity index (χ1v) is 6.04. The number of ether oxygens (including phenoxy) is 1. The predicted octanol–water partition coefficient (Wildman–Crippen LogP) is 3.10. The molecule has 0 spiro atoms. The summed E-state index contributed by atoms with van der Waals surface area (Å²) in [6.07, 6.45) is 0.827. The van der Waals surface area contributed by atoms with E-state index in [4.69, 9.17) is 5.26 Å². The fourth-order valence-electron chi connectivity index (χ4n) is 1.51. The van der Waals surface area contributed by atoms with E-state index >= 15 is 0 Å². The molecule has 20 heavy (non-hydrogen) atoms. The number of rotatable bonds is 6. The number of nitriles is 1. The van der Waals surface area contributed by atoms with Crippen molar-refractivity contribution in [3.63, 3.8) is 0 Å². The lowest BCUT2D eigenvalue weighted by Crippen LogP contribution is -2.37. The third-order valence-electron chi connectivity index (χ3n) is 2.48. The van der Waals surface area contributed by atoms with Crippen LogP contribution in [-0.4, -0.2) is 18.7 Å². The predicted molar refractivity (Wildman–Crippen MR) is 69.5 cm³/mol. The number of alkyl halides is 2. The van der Waals surface area contributed by atoms with Crippen LogP contribution < -0.4 is 15.4 Å².